The number of hydrogen-bond donors (Lipinski definition) is 2. The number of hydrogen-bond acceptors (Lipinski definition) is 4. The van der Waals surface area contributed by atoms with E-state index in [1.807, 2.05) is 6.92 Å². The fourth-order valence-corrected chi connectivity index (χ4v) is 4.43. The van der Waals surface area contributed by atoms with Crippen LogP contribution in [0.2, 0.25) is 10.0 Å². The summed E-state index contributed by atoms with van der Waals surface area (Å²) in [5.41, 5.74) is -3.50. The maximum atomic E-state index is 14.2. The first-order valence-corrected chi connectivity index (χ1v) is 11.5. The number of benzene rings is 2. The van der Waals surface area contributed by atoms with Gasteiger partial charge >= 0.3 is 6.18 Å². The van der Waals surface area contributed by atoms with Gasteiger partial charge in [-0.05, 0) is 61.2 Å². The second kappa shape index (κ2) is 9.76. The number of oxime groups is 1. The molecule has 2 atom stereocenters. The summed E-state index contributed by atoms with van der Waals surface area (Å²) in [6.45, 7) is 5.46. The standard InChI is InChI=1S/C24H25Cl2F3N2O3/c1-4-5-8-30-21(32)22(3,33)19-7-6-15(9-14(19)2)20-13-23(34-31-20,24(27,28)29)16-10-17(25)12-18(26)11-16/h6-7,9-12,33H,4-5,8,13H2,1-3H3,(H,30,32). The molecule has 1 aliphatic heterocycles. The van der Waals surface area contributed by atoms with Gasteiger partial charge in [-0.2, -0.15) is 13.2 Å². The molecule has 0 radical (unpaired) electrons. The number of unbranched alkanes of at least 4 members (excludes halogenated alkanes) is 1. The summed E-state index contributed by atoms with van der Waals surface area (Å²) in [4.78, 5) is 17.5. The van der Waals surface area contributed by atoms with Crippen molar-refractivity contribution in [2.75, 3.05) is 6.54 Å². The zero-order chi connectivity index (χ0) is 25.3. The topological polar surface area (TPSA) is 70.9 Å². The molecule has 2 aromatic rings. The van der Waals surface area contributed by atoms with Gasteiger partial charge in [0.15, 0.2) is 5.60 Å². The quantitative estimate of drug-likeness (QED) is 0.442. The Kier molecular flexibility index (Phi) is 7.55. The number of carbonyl (C=O) groups excluding carboxylic acids is 1. The van der Waals surface area contributed by atoms with Gasteiger partial charge in [0, 0.05) is 28.6 Å². The van der Waals surface area contributed by atoms with Crippen LogP contribution < -0.4 is 5.32 Å². The molecule has 0 spiro atoms. The van der Waals surface area contributed by atoms with Gasteiger partial charge < -0.3 is 15.3 Å². The molecule has 0 fully saturated rings. The van der Waals surface area contributed by atoms with E-state index < -0.39 is 29.7 Å². The van der Waals surface area contributed by atoms with Crippen molar-refractivity contribution >= 4 is 34.8 Å². The van der Waals surface area contributed by atoms with Gasteiger partial charge in [-0.15, -0.1) is 0 Å². The highest BCUT2D eigenvalue weighted by Gasteiger charge is 2.62. The summed E-state index contributed by atoms with van der Waals surface area (Å²) in [7, 11) is 0. The fraction of sp³-hybridized carbons (Fsp3) is 0.417. The minimum absolute atomic E-state index is 0.0443. The van der Waals surface area contributed by atoms with Gasteiger partial charge in [0.1, 0.15) is 0 Å². The maximum Gasteiger partial charge on any atom is 0.435 e. The number of nitrogens with zero attached hydrogens (tertiary/aromatic N) is 1. The highest BCUT2D eigenvalue weighted by molar-refractivity contribution is 6.34. The smallest absolute Gasteiger partial charge is 0.376 e. The molecule has 0 saturated heterocycles. The van der Waals surface area contributed by atoms with Crippen LogP contribution >= 0.6 is 23.2 Å². The number of halogens is 5. The van der Waals surface area contributed by atoms with Gasteiger partial charge in [-0.25, -0.2) is 0 Å². The van der Waals surface area contributed by atoms with Crippen molar-refractivity contribution in [3.8, 4) is 0 Å². The van der Waals surface area contributed by atoms with E-state index in [2.05, 4.69) is 10.5 Å². The van der Waals surface area contributed by atoms with Crippen molar-refractivity contribution in [2.45, 2.75) is 57.4 Å². The molecule has 2 N–H and O–H groups in total. The largest absolute Gasteiger partial charge is 0.435 e. The molecule has 0 saturated carbocycles. The van der Waals surface area contributed by atoms with Crippen LogP contribution in [0.3, 0.4) is 0 Å². The molecule has 0 bridgehead atoms. The number of alkyl halides is 3. The molecule has 1 heterocycles. The number of rotatable bonds is 7. The molecule has 2 aromatic carbocycles. The van der Waals surface area contributed by atoms with Crippen LogP contribution in [0.25, 0.3) is 0 Å². The van der Waals surface area contributed by atoms with Crippen molar-refractivity contribution in [3.63, 3.8) is 0 Å². The Morgan fingerprint density at radius 2 is 1.85 bits per heavy atom. The number of carbonyl (C=O) groups is 1. The molecular formula is C24H25Cl2F3N2O3. The molecule has 1 amide bonds. The van der Waals surface area contributed by atoms with E-state index in [9.17, 15) is 23.1 Å². The van der Waals surface area contributed by atoms with Crippen LogP contribution in [0.5, 0.6) is 0 Å². The normalized spacial score (nSPS) is 19.9. The minimum Gasteiger partial charge on any atom is -0.376 e. The van der Waals surface area contributed by atoms with Crippen molar-refractivity contribution < 1.29 is 27.9 Å². The third kappa shape index (κ3) is 5.04. The third-order valence-corrected chi connectivity index (χ3v) is 6.29. The van der Waals surface area contributed by atoms with E-state index in [0.29, 0.717) is 23.2 Å². The van der Waals surface area contributed by atoms with Gasteiger partial charge in [0.2, 0.25) is 0 Å². The first kappa shape index (κ1) is 26.3. The predicted molar refractivity (Wildman–Crippen MR) is 125 cm³/mol. The van der Waals surface area contributed by atoms with Crippen molar-refractivity contribution in [1.82, 2.24) is 5.32 Å². The molecule has 1 aliphatic rings. The predicted octanol–water partition coefficient (Wildman–Crippen LogP) is 6.01. The van der Waals surface area contributed by atoms with E-state index in [1.165, 1.54) is 25.1 Å². The average molecular weight is 517 g/mol. The van der Waals surface area contributed by atoms with Crippen LogP contribution in [0.15, 0.2) is 41.6 Å². The number of nitrogens with one attached hydrogen (secondary N) is 1. The highest BCUT2D eigenvalue weighted by Crippen LogP contribution is 2.49. The zero-order valence-electron chi connectivity index (χ0n) is 18.9. The molecule has 2 unspecified atom stereocenters. The van der Waals surface area contributed by atoms with Gasteiger partial charge in [-0.3, -0.25) is 4.79 Å². The van der Waals surface area contributed by atoms with Crippen LogP contribution in [0, 0.1) is 6.92 Å². The Balaban J connectivity index is 1.90. The Morgan fingerprint density at radius 3 is 2.41 bits per heavy atom. The van der Waals surface area contributed by atoms with E-state index in [4.69, 9.17) is 28.0 Å². The number of amides is 1. The van der Waals surface area contributed by atoms with Crippen LogP contribution in [0.1, 0.15) is 55.4 Å². The summed E-state index contributed by atoms with van der Waals surface area (Å²) in [6, 6.07) is 8.23. The molecular weight excluding hydrogens is 492 g/mol. The molecule has 0 aliphatic carbocycles. The first-order valence-electron chi connectivity index (χ1n) is 10.7. The lowest BCUT2D eigenvalue weighted by Gasteiger charge is -2.29. The maximum absolute atomic E-state index is 14.2. The molecule has 3 rings (SSSR count). The second-order valence-corrected chi connectivity index (χ2v) is 9.37. The van der Waals surface area contributed by atoms with Crippen molar-refractivity contribution in [1.29, 1.82) is 0 Å². The van der Waals surface area contributed by atoms with Gasteiger partial charge in [0.25, 0.3) is 11.5 Å². The lowest BCUT2D eigenvalue weighted by atomic mass is 9.85. The minimum atomic E-state index is -4.80. The van der Waals surface area contributed by atoms with E-state index >= 15 is 0 Å². The number of aliphatic hydroxyl groups is 1. The lowest BCUT2D eigenvalue weighted by Crippen LogP contribution is -2.43. The van der Waals surface area contributed by atoms with Crippen LogP contribution in [0.4, 0.5) is 13.2 Å². The van der Waals surface area contributed by atoms with Crippen LogP contribution in [-0.4, -0.2) is 29.4 Å². The third-order valence-electron chi connectivity index (χ3n) is 5.86. The van der Waals surface area contributed by atoms with Crippen molar-refractivity contribution in [2.24, 2.45) is 5.16 Å². The fourth-order valence-electron chi connectivity index (χ4n) is 3.91. The molecule has 184 valence electrons. The Bertz CT molecular complexity index is 1100. The van der Waals surface area contributed by atoms with E-state index in [-0.39, 0.29) is 21.3 Å². The van der Waals surface area contributed by atoms with Crippen LogP contribution in [-0.2, 0) is 20.8 Å². The van der Waals surface area contributed by atoms with Gasteiger partial charge in [0.05, 0.1) is 5.71 Å². The monoisotopic (exact) mass is 516 g/mol. The molecule has 34 heavy (non-hydrogen) atoms. The summed E-state index contributed by atoms with van der Waals surface area (Å²) in [6.07, 6.45) is -3.74. The Labute approximate surface area is 205 Å². The van der Waals surface area contributed by atoms with Gasteiger partial charge in [-0.1, -0.05) is 53.8 Å². The van der Waals surface area contributed by atoms with E-state index in [0.717, 1.165) is 25.0 Å². The average Bonchev–Trinajstić information content (AvgIpc) is 3.20. The summed E-state index contributed by atoms with van der Waals surface area (Å²) < 4.78 is 42.6. The molecule has 10 heteroatoms. The zero-order valence-corrected chi connectivity index (χ0v) is 20.4. The lowest BCUT2D eigenvalue weighted by molar-refractivity contribution is -0.275. The SMILES string of the molecule is CCCCNC(=O)C(C)(O)c1ccc(C2=NOC(c3cc(Cl)cc(Cl)c3)(C(F)(F)F)C2)cc1C. The van der Waals surface area contributed by atoms with Crippen molar-refractivity contribution in [3.05, 3.63) is 68.7 Å². The van der Waals surface area contributed by atoms with E-state index in [1.54, 1.807) is 13.0 Å². The number of aryl methyl sites for hydroxylation is 1. The summed E-state index contributed by atoms with van der Waals surface area (Å²) >= 11 is 11.9. The summed E-state index contributed by atoms with van der Waals surface area (Å²) in [5.74, 6) is -0.549. The summed E-state index contributed by atoms with van der Waals surface area (Å²) in [5, 5.41) is 17.4. The Morgan fingerprint density at radius 1 is 1.21 bits per heavy atom. The second-order valence-electron chi connectivity index (χ2n) is 8.50. The highest BCUT2D eigenvalue weighted by atomic mass is 35.5. The first-order chi connectivity index (χ1) is 15.8. The molecule has 5 nitrogen and oxygen atoms in total. The Hall–Kier alpha value is -2.29. The molecule has 0 aromatic heterocycles.